The summed E-state index contributed by atoms with van der Waals surface area (Å²) >= 11 is 0. The molecule has 0 saturated heterocycles. The number of benzene rings is 1. The number of likely N-dealkylation sites (N-methyl/N-ethyl adjacent to an activating group) is 1. The SMILES string of the molecule is CCOC1(C(NC)c2ccc(OC(C)C)cc2)CCCC1. The summed E-state index contributed by atoms with van der Waals surface area (Å²) in [4.78, 5) is 0. The van der Waals surface area contributed by atoms with Gasteiger partial charge in [-0.2, -0.15) is 0 Å². The van der Waals surface area contributed by atoms with Crippen molar-refractivity contribution in [2.45, 2.75) is 64.2 Å². The van der Waals surface area contributed by atoms with Gasteiger partial charge in [0, 0.05) is 6.61 Å². The number of hydrogen-bond donors (Lipinski definition) is 1. The molecule has 0 aromatic heterocycles. The molecule has 1 unspecified atom stereocenters. The lowest BCUT2D eigenvalue weighted by atomic mass is 9.86. The van der Waals surface area contributed by atoms with Crippen molar-refractivity contribution in [3.63, 3.8) is 0 Å². The van der Waals surface area contributed by atoms with Crippen LogP contribution in [0.1, 0.15) is 58.1 Å². The van der Waals surface area contributed by atoms with Gasteiger partial charge in [-0.25, -0.2) is 0 Å². The summed E-state index contributed by atoms with van der Waals surface area (Å²) in [5.74, 6) is 0.931. The van der Waals surface area contributed by atoms with E-state index in [9.17, 15) is 0 Å². The zero-order chi connectivity index (χ0) is 15.3. The van der Waals surface area contributed by atoms with Gasteiger partial charge in [-0.1, -0.05) is 25.0 Å². The highest BCUT2D eigenvalue weighted by Crippen LogP contribution is 2.43. The summed E-state index contributed by atoms with van der Waals surface area (Å²) in [5.41, 5.74) is 1.23. The zero-order valence-electron chi connectivity index (χ0n) is 13.8. The molecule has 1 aliphatic carbocycles. The van der Waals surface area contributed by atoms with Gasteiger partial charge in [0.25, 0.3) is 0 Å². The summed E-state index contributed by atoms with van der Waals surface area (Å²) in [6.07, 6.45) is 4.99. The Morgan fingerprint density at radius 2 is 1.76 bits per heavy atom. The lowest BCUT2D eigenvalue weighted by molar-refractivity contribution is -0.0610. The predicted octanol–water partition coefficient (Wildman–Crippen LogP) is 4.08. The third-order valence-electron chi connectivity index (χ3n) is 4.28. The average Bonchev–Trinajstić information content (AvgIpc) is 2.91. The second kappa shape index (κ2) is 7.28. The number of hydrogen-bond acceptors (Lipinski definition) is 3. The van der Waals surface area contributed by atoms with Crippen molar-refractivity contribution in [2.24, 2.45) is 0 Å². The third kappa shape index (κ3) is 3.78. The zero-order valence-corrected chi connectivity index (χ0v) is 13.8. The first-order valence-corrected chi connectivity index (χ1v) is 8.19. The Morgan fingerprint density at radius 1 is 1.14 bits per heavy atom. The maximum Gasteiger partial charge on any atom is 0.119 e. The van der Waals surface area contributed by atoms with E-state index in [0.29, 0.717) is 0 Å². The Labute approximate surface area is 129 Å². The van der Waals surface area contributed by atoms with Crippen LogP contribution in [0, 0.1) is 0 Å². The van der Waals surface area contributed by atoms with Crippen molar-refractivity contribution in [1.82, 2.24) is 5.32 Å². The normalized spacial score (nSPS) is 18.9. The Hall–Kier alpha value is -1.06. The van der Waals surface area contributed by atoms with E-state index in [-0.39, 0.29) is 17.7 Å². The highest BCUT2D eigenvalue weighted by atomic mass is 16.5. The highest BCUT2D eigenvalue weighted by Gasteiger charge is 2.42. The van der Waals surface area contributed by atoms with Gasteiger partial charge in [0.2, 0.25) is 0 Å². The minimum atomic E-state index is -0.0517. The fourth-order valence-corrected chi connectivity index (χ4v) is 3.52. The first-order valence-electron chi connectivity index (χ1n) is 8.19. The van der Waals surface area contributed by atoms with Crippen molar-refractivity contribution in [3.05, 3.63) is 29.8 Å². The number of ether oxygens (including phenoxy) is 2. The van der Waals surface area contributed by atoms with Gasteiger partial charge in [0.15, 0.2) is 0 Å². The van der Waals surface area contributed by atoms with Gasteiger partial charge < -0.3 is 14.8 Å². The second-order valence-corrected chi connectivity index (χ2v) is 6.16. The summed E-state index contributed by atoms with van der Waals surface area (Å²) in [6.45, 7) is 6.96. The lowest BCUT2D eigenvalue weighted by Crippen LogP contribution is -2.43. The standard InChI is InChI=1S/C18H29NO2/c1-5-20-18(12-6-7-13-18)17(19-4)15-8-10-16(11-9-15)21-14(2)3/h8-11,14,17,19H,5-7,12-13H2,1-4H3. The molecule has 1 atom stereocenters. The van der Waals surface area contributed by atoms with E-state index in [2.05, 4.69) is 36.5 Å². The topological polar surface area (TPSA) is 30.5 Å². The van der Waals surface area contributed by atoms with Crippen molar-refractivity contribution in [1.29, 1.82) is 0 Å². The molecule has 1 aromatic carbocycles. The number of nitrogens with one attached hydrogen (secondary N) is 1. The van der Waals surface area contributed by atoms with Crippen LogP contribution in [0.4, 0.5) is 0 Å². The molecule has 0 radical (unpaired) electrons. The van der Waals surface area contributed by atoms with E-state index in [1.807, 2.05) is 20.9 Å². The molecule has 118 valence electrons. The molecule has 1 aliphatic rings. The van der Waals surface area contributed by atoms with Crippen LogP contribution in [0.2, 0.25) is 0 Å². The molecule has 1 saturated carbocycles. The van der Waals surface area contributed by atoms with Crippen LogP contribution in [-0.4, -0.2) is 25.4 Å². The summed E-state index contributed by atoms with van der Waals surface area (Å²) in [7, 11) is 2.03. The van der Waals surface area contributed by atoms with Gasteiger partial charge in [-0.3, -0.25) is 0 Å². The minimum Gasteiger partial charge on any atom is -0.491 e. The smallest absolute Gasteiger partial charge is 0.119 e. The summed E-state index contributed by atoms with van der Waals surface area (Å²) in [5, 5.41) is 3.48. The Morgan fingerprint density at radius 3 is 2.24 bits per heavy atom. The van der Waals surface area contributed by atoms with Crippen LogP contribution in [0.3, 0.4) is 0 Å². The molecule has 1 aromatic rings. The van der Waals surface area contributed by atoms with E-state index >= 15 is 0 Å². The van der Waals surface area contributed by atoms with E-state index in [0.717, 1.165) is 25.2 Å². The fraction of sp³-hybridized carbons (Fsp3) is 0.667. The molecule has 0 aliphatic heterocycles. The van der Waals surface area contributed by atoms with E-state index in [4.69, 9.17) is 9.47 Å². The number of rotatable bonds is 7. The molecule has 3 nitrogen and oxygen atoms in total. The average molecular weight is 291 g/mol. The van der Waals surface area contributed by atoms with Crippen LogP contribution in [0.25, 0.3) is 0 Å². The molecule has 0 amide bonds. The molecular formula is C18H29NO2. The molecule has 1 fully saturated rings. The van der Waals surface area contributed by atoms with Crippen LogP contribution in [-0.2, 0) is 4.74 Å². The van der Waals surface area contributed by atoms with Gasteiger partial charge in [0.05, 0.1) is 17.7 Å². The van der Waals surface area contributed by atoms with Gasteiger partial charge in [-0.05, 0) is 58.4 Å². The third-order valence-corrected chi connectivity index (χ3v) is 4.28. The van der Waals surface area contributed by atoms with Crippen LogP contribution in [0.15, 0.2) is 24.3 Å². The molecule has 0 heterocycles. The monoisotopic (exact) mass is 291 g/mol. The van der Waals surface area contributed by atoms with Crippen LogP contribution >= 0.6 is 0 Å². The summed E-state index contributed by atoms with van der Waals surface area (Å²) < 4.78 is 11.9. The fourth-order valence-electron chi connectivity index (χ4n) is 3.52. The highest BCUT2D eigenvalue weighted by molar-refractivity contribution is 5.31. The van der Waals surface area contributed by atoms with Crippen molar-refractivity contribution >= 4 is 0 Å². The predicted molar refractivity (Wildman–Crippen MR) is 86.8 cm³/mol. The maximum absolute atomic E-state index is 6.20. The van der Waals surface area contributed by atoms with Crippen molar-refractivity contribution in [3.8, 4) is 5.75 Å². The molecule has 0 spiro atoms. The van der Waals surface area contributed by atoms with E-state index < -0.39 is 0 Å². The maximum atomic E-state index is 6.20. The van der Waals surface area contributed by atoms with E-state index in [1.54, 1.807) is 0 Å². The first-order chi connectivity index (χ1) is 10.1. The largest absolute Gasteiger partial charge is 0.491 e. The van der Waals surface area contributed by atoms with Gasteiger partial charge in [-0.15, -0.1) is 0 Å². The molecule has 1 N–H and O–H groups in total. The Bertz CT molecular complexity index is 421. The van der Waals surface area contributed by atoms with Gasteiger partial charge in [0.1, 0.15) is 5.75 Å². The minimum absolute atomic E-state index is 0.0517. The molecular weight excluding hydrogens is 262 g/mol. The van der Waals surface area contributed by atoms with Crippen molar-refractivity contribution in [2.75, 3.05) is 13.7 Å². The van der Waals surface area contributed by atoms with E-state index in [1.165, 1.54) is 18.4 Å². The molecule has 2 rings (SSSR count). The molecule has 0 bridgehead atoms. The molecule has 21 heavy (non-hydrogen) atoms. The molecule has 3 heteroatoms. The Balaban J connectivity index is 2.19. The lowest BCUT2D eigenvalue weighted by Gasteiger charge is -2.37. The summed E-state index contributed by atoms with van der Waals surface area (Å²) in [6, 6.07) is 8.70. The van der Waals surface area contributed by atoms with Crippen LogP contribution in [0.5, 0.6) is 5.75 Å². The Kier molecular flexibility index (Phi) is 5.65. The van der Waals surface area contributed by atoms with Crippen LogP contribution < -0.4 is 10.1 Å². The van der Waals surface area contributed by atoms with Gasteiger partial charge >= 0.3 is 0 Å². The second-order valence-electron chi connectivity index (χ2n) is 6.16. The van der Waals surface area contributed by atoms with Crippen molar-refractivity contribution < 1.29 is 9.47 Å². The first kappa shape index (κ1) is 16.3. The quantitative estimate of drug-likeness (QED) is 0.821.